The Hall–Kier alpha value is -3.03. The Morgan fingerprint density at radius 3 is 2.48 bits per heavy atom. The van der Waals surface area contributed by atoms with Crippen molar-refractivity contribution in [1.82, 2.24) is 20.9 Å². The van der Waals surface area contributed by atoms with Crippen molar-refractivity contribution in [1.29, 1.82) is 0 Å². The summed E-state index contributed by atoms with van der Waals surface area (Å²) in [5, 5.41) is 27.6. The fourth-order valence-electron chi connectivity index (χ4n) is 4.06. The highest BCUT2D eigenvalue weighted by atomic mass is 35.5. The van der Waals surface area contributed by atoms with E-state index in [1.807, 2.05) is 26.0 Å². The number of aliphatic hydroxyl groups excluding tert-OH is 1. The number of carboxylic acid groups (broad SMARTS) is 1. The number of hydrogen-bond acceptors (Lipinski definition) is 8. The summed E-state index contributed by atoms with van der Waals surface area (Å²) in [5.74, 6) is -3.09. The molecule has 4 amide bonds. The highest BCUT2D eigenvalue weighted by Crippen LogP contribution is 2.21. The van der Waals surface area contributed by atoms with E-state index in [9.17, 15) is 29.1 Å². The molecule has 1 aliphatic rings. The number of aliphatic carboxylic acids is 1. The molecule has 4 atom stereocenters. The maximum Gasteiger partial charge on any atom is 0.407 e. The Morgan fingerprint density at radius 2 is 1.85 bits per heavy atom. The molecule has 0 spiro atoms. The van der Waals surface area contributed by atoms with E-state index < -0.39 is 60.4 Å². The lowest BCUT2D eigenvalue weighted by Crippen LogP contribution is -2.56. The normalized spacial score (nSPS) is 18.1. The number of ether oxygens (including phenoxy) is 1. The average molecular weight is 601 g/mol. The topological polar surface area (TPSA) is 174 Å². The van der Waals surface area contributed by atoms with Crippen molar-refractivity contribution in [3.63, 3.8) is 0 Å². The Balaban J connectivity index is 2.05. The first-order valence-electron chi connectivity index (χ1n) is 13.0. The molecule has 0 radical (unpaired) electrons. The molecule has 1 fully saturated rings. The standard InChI is InChI=1S/C26H37ClN4O8S/c1-15(2)13-39-26(38)30-19(7-8-22(33)34)25(37)31-12-17(32)11-21(31)24(36)29-20(14-40)23(35)28-10-9-16-5-3-4-6-18(16)27/h3-6,15,17,19-21,32,40H,7-14H2,1-2H3,(H,28,35)(H,29,36)(H,30,38)(H,33,34)/t17-,19+,20+,21+/m1/s1. The monoisotopic (exact) mass is 600 g/mol. The molecule has 0 aliphatic carbocycles. The molecule has 40 heavy (non-hydrogen) atoms. The van der Waals surface area contributed by atoms with Crippen LogP contribution in [-0.2, 0) is 30.3 Å². The van der Waals surface area contributed by atoms with Gasteiger partial charge >= 0.3 is 12.1 Å². The van der Waals surface area contributed by atoms with E-state index in [-0.39, 0.29) is 44.2 Å². The number of aliphatic hydroxyl groups is 1. The van der Waals surface area contributed by atoms with Gasteiger partial charge in [0.25, 0.3) is 0 Å². The van der Waals surface area contributed by atoms with Gasteiger partial charge in [-0.15, -0.1) is 0 Å². The second kappa shape index (κ2) is 16.3. The Bertz CT molecular complexity index is 1060. The van der Waals surface area contributed by atoms with E-state index >= 15 is 0 Å². The zero-order chi connectivity index (χ0) is 29.8. The molecular formula is C26H37ClN4O8S. The molecule has 14 heteroatoms. The molecule has 12 nitrogen and oxygen atoms in total. The first kappa shape index (κ1) is 33.2. The molecule has 2 rings (SSSR count). The van der Waals surface area contributed by atoms with Gasteiger partial charge in [0.05, 0.1) is 12.7 Å². The van der Waals surface area contributed by atoms with Crippen LogP contribution >= 0.6 is 24.2 Å². The van der Waals surface area contributed by atoms with E-state index in [0.29, 0.717) is 11.4 Å². The van der Waals surface area contributed by atoms with Crippen LogP contribution in [0, 0.1) is 5.92 Å². The summed E-state index contributed by atoms with van der Waals surface area (Å²) in [7, 11) is 0. The van der Waals surface area contributed by atoms with E-state index in [1.54, 1.807) is 12.1 Å². The van der Waals surface area contributed by atoms with Gasteiger partial charge in [-0.25, -0.2) is 4.79 Å². The van der Waals surface area contributed by atoms with Gasteiger partial charge in [0.1, 0.15) is 18.1 Å². The number of benzene rings is 1. The molecule has 0 unspecified atom stereocenters. The number of hydrogen-bond donors (Lipinski definition) is 6. The third kappa shape index (κ3) is 10.5. The van der Waals surface area contributed by atoms with Crippen molar-refractivity contribution in [2.24, 2.45) is 5.92 Å². The molecule has 5 N–H and O–H groups in total. The van der Waals surface area contributed by atoms with Crippen LogP contribution in [0.3, 0.4) is 0 Å². The minimum absolute atomic E-state index is 0.0304. The lowest BCUT2D eigenvalue weighted by molar-refractivity contribution is -0.141. The van der Waals surface area contributed by atoms with Crippen molar-refractivity contribution in [2.75, 3.05) is 25.4 Å². The molecule has 0 aromatic heterocycles. The van der Waals surface area contributed by atoms with Gasteiger partial charge in [-0.05, 0) is 30.4 Å². The number of carboxylic acids is 1. The summed E-state index contributed by atoms with van der Waals surface area (Å²) in [6, 6.07) is 3.74. The maximum absolute atomic E-state index is 13.4. The molecule has 1 aromatic carbocycles. The fraction of sp³-hybridized carbons (Fsp3) is 0.577. The molecule has 0 saturated carbocycles. The first-order chi connectivity index (χ1) is 18.9. The number of β-amino-alcohol motifs (C(OH)–C–C–N with tert-alkyl or cyclic N) is 1. The molecule has 222 valence electrons. The van der Waals surface area contributed by atoms with Crippen LogP contribution in [-0.4, -0.2) is 94.6 Å². The quantitative estimate of drug-likeness (QED) is 0.171. The van der Waals surface area contributed by atoms with Crippen LogP contribution in [0.5, 0.6) is 0 Å². The van der Waals surface area contributed by atoms with Gasteiger partial charge in [-0.3, -0.25) is 19.2 Å². The summed E-state index contributed by atoms with van der Waals surface area (Å²) < 4.78 is 5.05. The lowest BCUT2D eigenvalue weighted by Gasteiger charge is -2.29. The summed E-state index contributed by atoms with van der Waals surface area (Å²) >= 11 is 10.3. The van der Waals surface area contributed by atoms with Crippen molar-refractivity contribution >= 4 is 54.0 Å². The third-order valence-corrected chi connectivity index (χ3v) is 6.85. The summed E-state index contributed by atoms with van der Waals surface area (Å²) in [4.78, 5) is 63.7. The number of likely N-dealkylation sites (tertiary alicyclic amines) is 1. The van der Waals surface area contributed by atoms with Gasteiger partial charge < -0.3 is 35.8 Å². The number of carbonyl (C=O) groups is 5. The largest absolute Gasteiger partial charge is 0.481 e. The summed E-state index contributed by atoms with van der Waals surface area (Å²) in [5.41, 5.74) is 0.851. The van der Waals surface area contributed by atoms with Gasteiger partial charge in [0, 0.05) is 36.7 Å². The SMILES string of the molecule is CC(C)COC(=O)N[C@@H](CCC(=O)O)C(=O)N1C[C@H](O)C[C@H]1C(=O)N[C@@H](CS)C(=O)NCCc1ccccc1Cl. The summed E-state index contributed by atoms with van der Waals surface area (Å²) in [6.07, 6.45) is -2.24. The molecule has 1 aromatic rings. The number of halogens is 1. The predicted octanol–water partition coefficient (Wildman–Crippen LogP) is 0.991. The number of amides is 4. The van der Waals surface area contributed by atoms with Crippen LogP contribution < -0.4 is 16.0 Å². The van der Waals surface area contributed by atoms with Gasteiger partial charge in [-0.1, -0.05) is 43.6 Å². The lowest BCUT2D eigenvalue weighted by atomic mass is 10.1. The van der Waals surface area contributed by atoms with Crippen LogP contribution in [0.25, 0.3) is 0 Å². The van der Waals surface area contributed by atoms with Gasteiger partial charge in [0.15, 0.2) is 0 Å². The Labute approximate surface area is 243 Å². The average Bonchev–Trinajstić information content (AvgIpc) is 3.30. The molecule has 1 heterocycles. The van der Waals surface area contributed by atoms with Crippen molar-refractivity contribution in [3.05, 3.63) is 34.9 Å². The van der Waals surface area contributed by atoms with Crippen molar-refractivity contribution in [2.45, 2.75) is 63.8 Å². The van der Waals surface area contributed by atoms with E-state index in [4.69, 9.17) is 21.4 Å². The number of thiol groups is 1. The van der Waals surface area contributed by atoms with Crippen LogP contribution in [0.4, 0.5) is 4.79 Å². The highest BCUT2D eigenvalue weighted by molar-refractivity contribution is 7.80. The zero-order valence-electron chi connectivity index (χ0n) is 22.5. The minimum Gasteiger partial charge on any atom is -0.481 e. The van der Waals surface area contributed by atoms with Crippen molar-refractivity contribution < 1.29 is 38.9 Å². The van der Waals surface area contributed by atoms with E-state index in [2.05, 4.69) is 28.6 Å². The number of nitrogens with one attached hydrogen (secondary N) is 3. The minimum atomic E-state index is -1.30. The van der Waals surface area contributed by atoms with Gasteiger partial charge in [-0.2, -0.15) is 12.6 Å². The molecule has 1 aliphatic heterocycles. The van der Waals surface area contributed by atoms with E-state index in [1.165, 1.54) is 0 Å². The Morgan fingerprint density at radius 1 is 1.15 bits per heavy atom. The molecule has 1 saturated heterocycles. The zero-order valence-corrected chi connectivity index (χ0v) is 24.1. The molecular weight excluding hydrogens is 564 g/mol. The fourth-order valence-corrected chi connectivity index (χ4v) is 4.55. The van der Waals surface area contributed by atoms with Crippen LogP contribution in [0.2, 0.25) is 5.02 Å². The summed E-state index contributed by atoms with van der Waals surface area (Å²) in [6.45, 7) is 3.79. The second-order valence-electron chi connectivity index (χ2n) is 9.89. The highest BCUT2D eigenvalue weighted by Gasteiger charge is 2.42. The second-order valence-corrected chi connectivity index (χ2v) is 10.7. The maximum atomic E-state index is 13.4. The van der Waals surface area contributed by atoms with Crippen LogP contribution in [0.15, 0.2) is 24.3 Å². The third-order valence-electron chi connectivity index (χ3n) is 6.12. The number of nitrogens with zero attached hydrogens (tertiary/aromatic N) is 1. The number of rotatable bonds is 14. The number of alkyl carbamates (subject to hydrolysis) is 1. The Kier molecular flexibility index (Phi) is 13.5. The predicted molar refractivity (Wildman–Crippen MR) is 150 cm³/mol. The number of carbonyl (C=O) groups excluding carboxylic acids is 4. The van der Waals surface area contributed by atoms with E-state index in [0.717, 1.165) is 10.5 Å². The van der Waals surface area contributed by atoms with Crippen molar-refractivity contribution in [3.8, 4) is 0 Å². The smallest absolute Gasteiger partial charge is 0.407 e. The van der Waals surface area contributed by atoms with Crippen LogP contribution in [0.1, 0.15) is 38.7 Å². The first-order valence-corrected chi connectivity index (χ1v) is 14.0. The van der Waals surface area contributed by atoms with Gasteiger partial charge in [0.2, 0.25) is 17.7 Å². The molecule has 0 bridgehead atoms.